The molecule has 3 aromatic heterocycles. The third kappa shape index (κ3) is 3.96. The van der Waals surface area contributed by atoms with Crippen LogP contribution in [-0.4, -0.2) is 56.6 Å². The minimum absolute atomic E-state index is 0.260. The summed E-state index contributed by atoms with van der Waals surface area (Å²) in [6.07, 6.45) is 7.49. The van der Waals surface area contributed by atoms with E-state index in [9.17, 15) is 4.79 Å². The smallest absolute Gasteiger partial charge is 0.410 e. The van der Waals surface area contributed by atoms with Crippen LogP contribution in [0.3, 0.4) is 0 Å². The van der Waals surface area contributed by atoms with Crippen molar-refractivity contribution < 1.29 is 9.53 Å². The number of anilines is 1. The lowest BCUT2D eigenvalue weighted by Gasteiger charge is -2.34. The zero-order valence-electron chi connectivity index (χ0n) is 17.4. The van der Waals surface area contributed by atoms with E-state index in [1.807, 2.05) is 66.7 Å². The van der Waals surface area contributed by atoms with E-state index in [0.717, 1.165) is 41.0 Å². The molecule has 1 aromatic carbocycles. The highest BCUT2D eigenvalue weighted by atomic mass is 16.6. The number of amides is 1. The van der Waals surface area contributed by atoms with Crippen molar-refractivity contribution in [1.29, 1.82) is 0 Å². The topological polar surface area (TPSA) is 67.9 Å². The van der Waals surface area contributed by atoms with E-state index in [0.29, 0.717) is 19.7 Å². The molecule has 1 fully saturated rings. The highest BCUT2D eigenvalue weighted by Crippen LogP contribution is 2.26. The molecule has 1 aliphatic heterocycles. The quantitative estimate of drug-likeness (QED) is 0.511. The summed E-state index contributed by atoms with van der Waals surface area (Å²) in [6, 6.07) is 13.9. The highest BCUT2D eigenvalue weighted by Gasteiger charge is 2.24. The Balaban J connectivity index is 1.22. The summed E-state index contributed by atoms with van der Waals surface area (Å²) in [7, 11) is 1.91. The van der Waals surface area contributed by atoms with Gasteiger partial charge in [0.1, 0.15) is 6.61 Å². The molecule has 1 aliphatic rings. The molecule has 5 rings (SSSR count). The molecule has 0 N–H and O–H groups in total. The van der Waals surface area contributed by atoms with Crippen LogP contribution in [-0.2, 0) is 18.4 Å². The van der Waals surface area contributed by atoms with Crippen LogP contribution in [0.5, 0.6) is 0 Å². The van der Waals surface area contributed by atoms with E-state index in [4.69, 9.17) is 4.74 Å². The number of fused-ring (bicyclic) bond motifs is 1. The molecule has 0 radical (unpaired) electrons. The third-order valence-electron chi connectivity index (χ3n) is 5.62. The van der Waals surface area contributed by atoms with Gasteiger partial charge in [-0.25, -0.2) is 9.31 Å². The minimum atomic E-state index is -0.260. The molecule has 0 bridgehead atoms. The molecule has 8 nitrogen and oxygen atoms in total. The van der Waals surface area contributed by atoms with E-state index >= 15 is 0 Å². The number of piperazine rings is 1. The van der Waals surface area contributed by atoms with Gasteiger partial charge in [-0.2, -0.15) is 10.2 Å². The fourth-order valence-electron chi connectivity index (χ4n) is 3.90. The summed E-state index contributed by atoms with van der Waals surface area (Å²) in [5, 5.41) is 8.79. The van der Waals surface area contributed by atoms with Crippen molar-refractivity contribution in [2.24, 2.45) is 7.05 Å². The van der Waals surface area contributed by atoms with Gasteiger partial charge < -0.3 is 14.5 Å². The van der Waals surface area contributed by atoms with Crippen molar-refractivity contribution in [2.45, 2.75) is 6.61 Å². The fraction of sp³-hybridized carbons (Fsp3) is 0.261. The summed E-state index contributed by atoms with van der Waals surface area (Å²) in [4.78, 5) is 16.5. The number of ether oxygens (including phenoxy) is 1. The van der Waals surface area contributed by atoms with Crippen LogP contribution in [0.25, 0.3) is 16.6 Å². The second kappa shape index (κ2) is 8.14. The average molecular weight is 416 g/mol. The number of hydrogen-bond donors (Lipinski definition) is 0. The van der Waals surface area contributed by atoms with Crippen LogP contribution in [0, 0.1) is 0 Å². The lowest BCUT2D eigenvalue weighted by Crippen LogP contribution is -2.48. The maximum atomic E-state index is 12.4. The van der Waals surface area contributed by atoms with Gasteiger partial charge in [-0.3, -0.25) is 4.68 Å². The zero-order valence-corrected chi connectivity index (χ0v) is 17.4. The molecular weight excluding hydrogens is 392 g/mol. The van der Waals surface area contributed by atoms with Crippen LogP contribution in [0.15, 0.2) is 67.3 Å². The van der Waals surface area contributed by atoms with Gasteiger partial charge in [0.05, 0.1) is 23.6 Å². The molecule has 31 heavy (non-hydrogen) atoms. The lowest BCUT2D eigenvalue weighted by atomic mass is 10.1. The lowest BCUT2D eigenvalue weighted by molar-refractivity contribution is 0.0942. The van der Waals surface area contributed by atoms with Crippen LogP contribution in [0.1, 0.15) is 5.56 Å². The summed E-state index contributed by atoms with van der Waals surface area (Å²) in [6.45, 7) is 3.03. The Morgan fingerprint density at radius 2 is 1.74 bits per heavy atom. The predicted octanol–water partition coefficient (Wildman–Crippen LogP) is 3.19. The Labute approximate surface area is 180 Å². The molecule has 1 amide bonds. The Morgan fingerprint density at radius 1 is 0.935 bits per heavy atom. The van der Waals surface area contributed by atoms with E-state index in [-0.39, 0.29) is 6.09 Å². The van der Waals surface area contributed by atoms with Crippen LogP contribution < -0.4 is 4.90 Å². The number of carbonyl (C=O) groups is 1. The van der Waals surface area contributed by atoms with E-state index in [2.05, 4.69) is 27.2 Å². The Morgan fingerprint density at radius 3 is 2.48 bits per heavy atom. The van der Waals surface area contributed by atoms with Gasteiger partial charge in [-0.05, 0) is 11.6 Å². The van der Waals surface area contributed by atoms with E-state index in [1.165, 1.54) is 0 Å². The van der Waals surface area contributed by atoms with Gasteiger partial charge in [-0.15, -0.1) is 0 Å². The molecule has 0 saturated carbocycles. The summed E-state index contributed by atoms with van der Waals surface area (Å²) in [5.74, 6) is 0. The first-order valence-corrected chi connectivity index (χ1v) is 10.3. The summed E-state index contributed by atoms with van der Waals surface area (Å²) < 4.78 is 9.16. The number of benzene rings is 1. The number of aryl methyl sites for hydroxylation is 1. The number of nitrogens with zero attached hydrogens (tertiary/aromatic N) is 6. The van der Waals surface area contributed by atoms with Gasteiger partial charge in [0, 0.05) is 56.7 Å². The van der Waals surface area contributed by atoms with Crippen LogP contribution in [0.4, 0.5) is 10.5 Å². The first-order valence-electron chi connectivity index (χ1n) is 10.3. The van der Waals surface area contributed by atoms with Crippen molar-refractivity contribution in [3.63, 3.8) is 0 Å². The van der Waals surface area contributed by atoms with E-state index < -0.39 is 0 Å². The fourth-order valence-corrected chi connectivity index (χ4v) is 3.90. The van der Waals surface area contributed by atoms with Crippen LogP contribution in [0.2, 0.25) is 0 Å². The van der Waals surface area contributed by atoms with Crippen molar-refractivity contribution in [3.05, 3.63) is 72.8 Å². The SMILES string of the molecule is Cn1cc(-c2ccc3c(N4CCN(C(=O)OCc5ccccc5)CC4)cnn3c2)cn1. The molecule has 1 saturated heterocycles. The molecule has 158 valence electrons. The normalized spacial score (nSPS) is 14.2. The van der Waals surface area contributed by atoms with Gasteiger partial charge >= 0.3 is 6.09 Å². The van der Waals surface area contributed by atoms with Gasteiger partial charge in [0.25, 0.3) is 0 Å². The van der Waals surface area contributed by atoms with Crippen molar-refractivity contribution in [2.75, 3.05) is 31.1 Å². The number of hydrogen-bond acceptors (Lipinski definition) is 5. The average Bonchev–Trinajstić information content (AvgIpc) is 3.44. The zero-order chi connectivity index (χ0) is 21.2. The second-order valence-corrected chi connectivity index (χ2v) is 7.69. The van der Waals surface area contributed by atoms with Crippen molar-refractivity contribution in [3.8, 4) is 11.1 Å². The standard InChI is InChI=1S/C23H24N6O2/c1-26-15-20(13-24-26)19-7-8-21-22(14-25-29(21)16-19)27-9-11-28(12-10-27)23(30)31-17-18-5-3-2-4-6-18/h2-8,13-16H,9-12,17H2,1H3. The molecule has 0 unspecified atom stereocenters. The summed E-state index contributed by atoms with van der Waals surface area (Å²) >= 11 is 0. The molecule has 0 spiro atoms. The maximum absolute atomic E-state index is 12.4. The predicted molar refractivity (Wildman–Crippen MR) is 118 cm³/mol. The Kier molecular flexibility index (Phi) is 5.03. The first-order chi connectivity index (χ1) is 15.2. The number of pyridine rings is 1. The molecule has 4 aromatic rings. The Hall–Kier alpha value is -3.81. The molecule has 0 atom stereocenters. The molecule has 4 heterocycles. The molecular formula is C23H24N6O2. The van der Waals surface area contributed by atoms with Gasteiger partial charge in [-0.1, -0.05) is 36.4 Å². The highest BCUT2D eigenvalue weighted by molar-refractivity contribution is 5.76. The third-order valence-corrected chi connectivity index (χ3v) is 5.62. The van der Waals surface area contributed by atoms with E-state index in [1.54, 1.807) is 9.58 Å². The van der Waals surface area contributed by atoms with Gasteiger partial charge in [0.15, 0.2) is 0 Å². The Bertz CT molecular complexity index is 1190. The molecule has 8 heteroatoms. The molecule has 0 aliphatic carbocycles. The largest absolute Gasteiger partial charge is 0.445 e. The van der Waals surface area contributed by atoms with Crippen LogP contribution >= 0.6 is 0 Å². The number of rotatable bonds is 4. The first kappa shape index (κ1) is 19.2. The minimum Gasteiger partial charge on any atom is -0.445 e. The van der Waals surface area contributed by atoms with Gasteiger partial charge in [0.2, 0.25) is 0 Å². The van der Waals surface area contributed by atoms with Crippen molar-refractivity contribution in [1.82, 2.24) is 24.3 Å². The monoisotopic (exact) mass is 416 g/mol. The van der Waals surface area contributed by atoms with Crippen molar-refractivity contribution >= 4 is 17.3 Å². The number of carbonyl (C=O) groups excluding carboxylic acids is 1. The maximum Gasteiger partial charge on any atom is 0.410 e. The summed E-state index contributed by atoms with van der Waals surface area (Å²) in [5.41, 5.74) is 5.25. The number of aromatic nitrogens is 4. The second-order valence-electron chi connectivity index (χ2n) is 7.69.